The topological polar surface area (TPSA) is 46.5 Å². The Balaban J connectivity index is 1.87. The number of ether oxygens (including phenoxy) is 1. The van der Waals surface area contributed by atoms with E-state index in [-0.39, 0.29) is 19.2 Å². The van der Waals surface area contributed by atoms with Gasteiger partial charge in [-0.1, -0.05) is 87.9 Å². The maximum atomic E-state index is 12.0. The number of rotatable bonds is 13. The summed E-state index contributed by atoms with van der Waals surface area (Å²) in [6.07, 6.45) is 7.26. The van der Waals surface area contributed by atoms with Crippen molar-refractivity contribution in [1.29, 1.82) is 0 Å². The van der Waals surface area contributed by atoms with E-state index in [2.05, 4.69) is 81.1 Å². The van der Waals surface area contributed by atoms with Gasteiger partial charge in [-0.25, -0.2) is 4.79 Å². The van der Waals surface area contributed by atoms with Crippen molar-refractivity contribution in [2.45, 2.75) is 72.3 Å². The van der Waals surface area contributed by atoms with Gasteiger partial charge in [0.2, 0.25) is 0 Å². The molecule has 0 spiro atoms. The van der Waals surface area contributed by atoms with Crippen molar-refractivity contribution in [3.05, 3.63) is 95.1 Å². The lowest BCUT2D eigenvalue weighted by atomic mass is 9.91. The SMILES string of the molecule is C=C(C)C(=O)OCc1cc(-c2ccc(-c3ccc(CCCCC)cc3)cc2CC)ccc1CCCO. The minimum absolute atomic E-state index is 0.133. The molecule has 0 aromatic heterocycles. The molecule has 3 nitrogen and oxygen atoms in total. The second-order valence-electron chi connectivity index (χ2n) is 9.55. The Bertz CT molecular complexity index is 1160. The third-order valence-electron chi connectivity index (χ3n) is 6.67. The molecule has 0 aliphatic rings. The average Bonchev–Trinajstić information content (AvgIpc) is 2.90. The molecule has 3 heteroatoms. The first-order valence-corrected chi connectivity index (χ1v) is 13.2. The molecular formula is C33H40O3. The summed E-state index contributed by atoms with van der Waals surface area (Å²) in [5.74, 6) is -0.386. The van der Waals surface area contributed by atoms with Gasteiger partial charge in [-0.2, -0.15) is 0 Å². The van der Waals surface area contributed by atoms with Crippen LogP contribution in [0.2, 0.25) is 0 Å². The van der Waals surface area contributed by atoms with E-state index in [1.165, 1.54) is 47.1 Å². The van der Waals surface area contributed by atoms with Gasteiger partial charge in [0.15, 0.2) is 0 Å². The van der Waals surface area contributed by atoms with E-state index >= 15 is 0 Å². The summed E-state index contributed by atoms with van der Waals surface area (Å²) in [6, 6.07) is 22.0. The van der Waals surface area contributed by atoms with Crippen molar-refractivity contribution in [2.24, 2.45) is 0 Å². The van der Waals surface area contributed by atoms with Crippen molar-refractivity contribution in [3.63, 3.8) is 0 Å². The van der Waals surface area contributed by atoms with Crippen molar-refractivity contribution in [1.82, 2.24) is 0 Å². The Morgan fingerprint density at radius 1 is 0.806 bits per heavy atom. The molecule has 0 heterocycles. The lowest BCUT2D eigenvalue weighted by Crippen LogP contribution is -2.07. The van der Waals surface area contributed by atoms with Gasteiger partial charge in [0, 0.05) is 12.2 Å². The molecular weight excluding hydrogens is 444 g/mol. The van der Waals surface area contributed by atoms with E-state index < -0.39 is 0 Å². The molecule has 3 aromatic rings. The zero-order valence-corrected chi connectivity index (χ0v) is 22.1. The highest BCUT2D eigenvalue weighted by molar-refractivity contribution is 5.87. The van der Waals surface area contributed by atoms with Crippen LogP contribution in [0.1, 0.15) is 68.7 Å². The molecule has 0 saturated carbocycles. The summed E-state index contributed by atoms with van der Waals surface area (Å²) in [6.45, 7) is 10.1. The van der Waals surface area contributed by atoms with Gasteiger partial charge >= 0.3 is 5.97 Å². The fraction of sp³-hybridized carbons (Fsp3) is 0.364. The first kappa shape index (κ1) is 27.4. The highest BCUT2D eigenvalue weighted by Crippen LogP contribution is 2.31. The van der Waals surface area contributed by atoms with E-state index in [0.717, 1.165) is 36.0 Å². The molecule has 0 amide bonds. The van der Waals surface area contributed by atoms with E-state index in [1.54, 1.807) is 6.92 Å². The van der Waals surface area contributed by atoms with Crippen molar-refractivity contribution in [3.8, 4) is 22.3 Å². The van der Waals surface area contributed by atoms with Crippen LogP contribution < -0.4 is 0 Å². The summed E-state index contributed by atoms with van der Waals surface area (Å²) < 4.78 is 5.47. The molecule has 3 rings (SSSR count). The number of carbonyl (C=O) groups is 1. The van der Waals surface area contributed by atoms with E-state index in [1.807, 2.05) is 0 Å². The molecule has 0 saturated heterocycles. The fourth-order valence-corrected chi connectivity index (χ4v) is 4.50. The summed E-state index contributed by atoms with van der Waals surface area (Å²) in [7, 11) is 0. The first-order chi connectivity index (χ1) is 17.5. The fourth-order valence-electron chi connectivity index (χ4n) is 4.50. The van der Waals surface area contributed by atoms with Crippen LogP contribution >= 0.6 is 0 Å². The second-order valence-corrected chi connectivity index (χ2v) is 9.55. The van der Waals surface area contributed by atoms with Crippen molar-refractivity contribution < 1.29 is 14.6 Å². The van der Waals surface area contributed by atoms with Gasteiger partial charge < -0.3 is 9.84 Å². The molecule has 190 valence electrons. The summed E-state index contributed by atoms with van der Waals surface area (Å²) >= 11 is 0. The smallest absolute Gasteiger partial charge is 0.333 e. The van der Waals surface area contributed by atoms with E-state index in [4.69, 9.17) is 4.74 Å². The Kier molecular flexibility index (Phi) is 10.5. The van der Waals surface area contributed by atoms with Gasteiger partial charge in [0.25, 0.3) is 0 Å². The molecule has 0 aliphatic carbocycles. The molecule has 0 fully saturated rings. The number of hydrogen-bond acceptors (Lipinski definition) is 3. The summed E-state index contributed by atoms with van der Waals surface area (Å²) in [5.41, 5.74) is 9.91. The van der Waals surface area contributed by atoms with Crippen LogP contribution in [0.15, 0.2) is 72.8 Å². The molecule has 0 bridgehead atoms. The van der Waals surface area contributed by atoms with Crippen molar-refractivity contribution >= 4 is 5.97 Å². The number of aryl methyl sites for hydroxylation is 3. The number of esters is 1. The highest BCUT2D eigenvalue weighted by Gasteiger charge is 2.12. The standard InChI is InChI=1S/C33H40O3/c1-5-7-8-10-25-12-14-28(15-13-25)29-18-19-32(26(6-2)21-29)30-17-16-27(11-9-20-34)31(22-30)23-36-33(35)24(3)4/h12-19,21-22,34H,3,5-11,20,23H2,1-2,4H3. The zero-order valence-electron chi connectivity index (χ0n) is 22.1. The van der Waals surface area contributed by atoms with Crippen LogP contribution in [0.4, 0.5) is 0 Å². The minimum Gasteiger partial charge on any atom is -0.457 e. The van der Waals surface area contributed by atoms with Crippen molar-refractivity contribution in [2.75, 3.05) is 6.61 Å². The Morgan fingerprint density at radius 3 is 2.17 bits per heavy atom. The minimum atomic E-state index is -0.386. The van der Waals surface area contributed by atoms with E-state index in [9.17, 15) is 9.90 Å². The first-order valence-electron chi connectivity index (χ1n) is 13.2. The van der Waals surface area contributed by atoms with Gasteiger partial charge in [-0.15, -0.1) is 0 Å². The summed E-state index contributed by atoms with van der Waals surface area (Å²) in [4.78, 5) is 12.0. The predicted molar refractivity (Wildman–Crippen MR) is 150 cm³/mol. The molecule has 1 N–H and O–H groups in total. The quantitative estimate of drug-likeness (QED) is 0.153. The Morgan fingerprint density at radius 2 is 1.50 bits per heavy atom. The van der Waals surface area contributed by atoms with E-state index in [0.29, 0.717) is 12.0 Å². The number of aliphatic hydroxyl groups excluding tert-OH is 1. The molecule has 0 unspecified atom stereocenters. The zero-order chi connectivity index (χ0) is 25.9. The maximum absolute atomic E-state index is 12.0. The van der Waals surface area contributed by atoms with Crippen LogP contribution in [0.5, 0.6) is 0 Å². The normalized spacial score (nSPS) is 10.9. The molecule has 3 aromatic carbocycles. The van der Waals surface area contributed by atoms with Crippen LogP contribution in [-0.2, 0) is 35.4 Å². The van der Waals surface area contributed by atoms with Gasteiger partial charge in [-0.3, -0.25) is 0 Å². The molecule has 36 heavy (non-hydrogen) atoms. The molecule has 0 aliphatic heterocycles. The maximum Gasteiger partial charge on any atom is 0.333 e. The van der Waals surface area contributed by atoms with Gasteiger partial charge in [0.1, 0.15) is 6.61 Å². The Labute approximate surface area is 216 Å². The van der Waals surface area contributed by atoms with Gasteiger partial charge in [-0.05, 0) is 89.6 Å². The third-order valence-corrected chi connectivity index (χ3v) is 6.67. The monoisotopic (exact) mass is 484 g/mol. The van der Waals surface area contributed by atoms with Crippen LogP contribution in [-0.4, -0.2) is 17.7 Å². The predicted octanol–water partition coefficient (Wildman–Crippen LogP) is 7.86. The lowest BCUT2D eigenvalue weighted by Gasteiger charge is -2.15. The largest absolute Gasteiger partial charge is 0.457 e. The Hall–Kier alpha value is -3.17. The number of hydrogen-bond donors (Lipinski definition) is 1. The van der Waals surface area contributed by atoms with Crippen LogP contribution in [0.25, 0.3) is 22.3 Å². The summed E-state index contributed by atoms with van der Waals surface area (Å²) in [5, 5.41) is 9.30. The second kappa shape index (κ2) is 13.8. The van der Waals surface area contributed by atoms with Gasteiger partial charge in [0.05, 0.1) is 0 Å². The number of carbonyl (C=O) groups excluding carboxylic acids is 1. The number of unbranched alkanes of at least 4 members (excludes halogenated alkanes) is 2. The van der Waals surface area contributed by atoms with Crippen LogP contribution in [0.3, 0.4) is 0 Å². The molecule has 0 atom stereocenters. The highest BCUT2D eigenvalue weighted by atomic mass is 16.5. The molecule has 0 radical (unpaired) electrons. The lowest BCUT2D eigenvalue weighted by molar-refractivity contribution is -0.140. The third kappa shape index (κ3) is 7.41. The number of benzene rings is 3. The average molecular weight is 485 g/mol. The van der Waals surface area contributed by atoms with Crippen LogP contribution in [0, 0.1) is 0 Å². The number of aliphatic hydroxyl groups is 1.